The van der Waals surface area contributed by atoms with Gasteiger partial charge in [0.1, 0.15) is 22.9 Å². The fraction of sp³-hybridized carbons (Fsp3) is 0.300. The first-order valence-corrected chi connectivity index (χ1v) is 8.68. The number of anilines is 1. The SMILES string of the molecule is COc1cc(NCCN(C)C)c(OC)cc1N=C(NC#N)Oc1ccccc1. The topological polar surface area (TPSA) is 91.1 Å². The van der Waals surface area contributed by atoms with Crippen LogP contribution in [0.5, 0.6) is 17.2 Å². The molecule has 28 heavy (non-hydrogen) atoms. The van der Waals surface area contributed by atoms with E-state index in [1.165, 1.54) is 0 Å². The highest BCUT2D eigenvalue weighted by Crippen LogP contribution is 2.38. The summed E-state index contributed by atoms with van der Waals surface area (Å²) < 4.78 is 16.6. The third-order valence-electron chi connectivity index (χ3n) is 3.72. The fourth-order valence-electron chi connectivity index (χ4n) is 2.35. The van der Waals surface area contributed by atoms with Gasteiger partial charge in [-0.05, 0) is 26.2 Å². The monoisotopic (exact) mass is 383 g/mol. The number of nitrogens with zero attached hydrogens (tertiary/aromatic N) is 3. The molecule has 8 heteroatoms. The van der Waals surface area contributed by atoms with E-state index in [1.807, 2.05) is 38.5 Å². The molecule has 0 radical (unpaired) electrons. The van der Waals surface area contributed by atoms with Crippen LogP contribution in [-0.2, 0) is 0 Å². The van der Waals surface area contributed by atoms with Crippen LogP contribution in [0.25, 0.3) is 0 Å². The van der Waals surface area contributed by atoms with E-state index in [-0.39, 0.29) is 6.02 Å². The molecule has 0 unspecified atom stereocenters. The first kappa shape index (κ1) is 20.9. The van der Waals surface area contributed by atoms with E-state index in [1.54, 1.807) is 38.5 Å². The van der Waals surface area contributed by atoms with Gasteiger partial charge in [0.15, 0.2) is 6.19 Å². The van der Waals surface area contributed by atoms with Gasteiger partial charge in [0.05, 0.1) is 19.9 Å². The molecule has 2 aromatic rings. The molecule has 148 valence electrons. The molecule has 0 bridgehead atoms. The summed E-state index contributed by atoms with van der Waals surface area (Å²) in [6, 6.07) is 12.6. The van der Waals surface area contributed by atoms with Crippen LogP contribution in [0.15, 0.2) is 47.5 Å². The number of hydrogen-bond donors (Lipinski definition) is 2. The van der Waals surface area contributed by atoms with E-state index in [4.69, 9.17) is 19.5 Å². The zero-order valence-corrected chi connectivity index (χ0v) is 16.5. The summed E-state index contributed by atoms with van der Waals surface area (Å²) in [6.45, 7) is 1.61. The average molecular weight is 383 g/mol. The molecule has 2 aromatic carbocycles. The van der Waals surface area contributed by atoms with Crippen molar-refractivity contribution in [2.45, 2.75) is 0 Å². The molecule has 0 aliphatic carbocycles. The highest BCUT2D eigenvalue weighted by molar-refractivity contribution is 5.83. The second-order valence-corrected chi connectivity index (χ2v) is 6.02. The Morgan fingerprint density at radius 3 is 2.43 bits per heavy atom. The minimum Gasteiger partial charge on any atom is -0.495 e. The molecule has 0 saturated carbocycles. The third kappa shape index (κ3) is 6.07. The number of para-hydroxylation sites is 1. The molecule has 0 aliphatic rings. The predicted molar refractivity (Wildman–Crippen MR) is 110 cm³/mol. The molecular formula is C20H25N5O3. The molecule has 0 aliphatic heterocycles. The Kier molecular flexibility index (Phi) is 7.93. The minimum atomic E-state index is 0.0300. The van der Waals surface area contributed by atoms with Gasteiger partial charge >= 0.3 is 6.02 Å². The zero-order chi connectivity index (χ0) is 20.4. The van der Waals surface area contributed by atoms with Crippen LogP contribution in [0.4, 0.5) is 11.4 Å². The van der Waals surface area contributed by atoms with Gasteiger partial charge in [-0.3, -0.25) is 0 Å². The standard InChI is InChI=1S/C20H25N5O3/c1-25(2)11-10-22-16-12-19(27-4)17(13-18(16)26-3)24-20(23-14-21)28-15-8-6-5-7-9-15/h5-9,12-13,22H,10-11H2,1-4H3,(H,23,24). The van der Waals surface area contributed by atoms with E-state index in [0.29, 0.717) is 22.9 Å². The van der Waals surface area contributed by atoms with Crippen molar-refractivity contribution >= 4 is 17.4 Å². The molecule has 2 rings (SSSR count). The largest absolute Gasteiger partial charge is 0.495 e. The number of aliphatic imine (C=N–C) groups is 1. The van der Waals surface area contributed by atoms with Crippen LogP contribution in [0, 0.1) is 11.5 Å². The number of likely N-dealkylation sites (N-methyl/N-ethyl adjacent to an activating group) is 1. The number of benzene rings is 2. The summed E-state index contributed by atoms with van der Waals surface area (Å²) in [6.07, 6.45) is 1.83. The number of nitriles is 1. The fourth-order valence-corrected chi connectivity index (χ4v) is 2.35. The quantitative estimate of drug-likeness (QED) is 0.313. The van der Waals surface area contributed by atoms with E-state index in [9.17, 15) is 0 Å². The van der Waals surface area contributed by atoms with Gasteiger partial charge in [-0.2, -0.15) is 10.3 Å². The number of rotatable bonds is 8. The Bertz CT molecular complexity index is 832. The Balaban J connectivity index is 2.33. The molecule has 0 saturated heterocycles. The predicted octanol–water partition coefficient (Wildman–Crippen LogP) is 2.81. The van der Waals surface area contributed by atoms with Crippen molar-refractivity contribution < 1.29 is 14.2 Å². The lowest BCUT2D eigenvalue weighted by Gasteiger charge is -2.16. The summed E-state index contributed by atoms with van der Waals surface area (Å²) in [5, 5.41) is 14.8. The van der Waals surface area contributed by atoms with Crippen molar-refractivity contribution in [2.75, 3.05) is 46.7 Å². The maximum Gasteiger partial charge on any atom is 0.309 e. The van der Waals surface area contributed by atoms with Crippen molar-refractivity contribution in [2.24, 2.45) is 4.99 Å². The Labute approximate surface area is 165 Å². The van der Waals surface area contributed by atoms with Gasteiger partial charge in [-0.15, -0.1) is 0 Å². The number of amidine groups is 1. The number of hydrogen-bond acceptors (Lipinski definition) is 7. The lowest BCUT2D eigenvalue weighted by atomic mass is 10.2. The van der Waals surface area contributed by atoms with Crippen molar-refractivity contribution in [3.63, 3.8) is 0 Å². The van der Waals surface area contributed by atoms with Gasteiger partial charge in [0, 0.05) is 25.2 Å². The molecule has 8 nitrogen and oxygen atoms in total. The van der Waals surface area contributed by atoms with E-state index < -0.39 is 0 Å². The third-order valence-corrected chi connectivity index (χ3v) is 3.72. The maximum atomic E-state index is 9.01. The zero-order valence-electron chi connectivity index (χ0n) is 16.5. The van der Waals surface area contributed by atoms with Crippen LogP contribution in [0.3, 0.4) is 0 Å². The van der Waals surface area contributed by atoms with E-state index in [2.05, 4.69) is 20.5 Å². The Hall–Kier alpha value is -3.44. The van der Waals surface area contributed by atoms with Crippen LogP contribution in [0.2, 0.25) is 0 Å². The molecule has 0 fully saturated rings. The molecule has 2 N–H and O–H groups in total. The normalized spacial score (nSPS) is 10.9. The lowest BCUT2D eigenvalue weighted by molar-refractivity contribution is 0.404. The first-order valence-electron chi connectivity index (χ1n) is 8.68. The molecular weight excluding hydrogens is 358 g/mol. The Morgan fingerprint density at radius 2 is 1.82 bits per heavy atom. The molecule has 0 amide bonds. The summed E-state index contributed by atoms with van der Waals surface area (Å²) in [5.74, 6) is 1.67. The molecule has 0 atom stereocenters. The molecule has 0 spiro atoms. The summed E-state index contributed by atoms with van der Waals surface area (Å²) in [7, 11) is 7.16. The second-order valence-electron chi connectivity index (χ2n) is 6.02. The Morgan fingerprint density at radius 1 is 1.11 bits per heavy atom. The van der Waals surface area contributed by atoms with E-state index in [0.717, 1.165) is 18.8 Å². The smallest absolute Gasteiger partial charge is 0.309 e. The van der Waals surface area contributed by atoms with Crippen molar-refractivity contribution in [1.82, 2.24) is 10.2 Å². The van der Waals surface area contributed by atoms with Gasteiger partial charge < -0.3 is 24.4 Å². The van der Waals surface area contributed by atoms with Crippen LogP contribution < -0.4 is 24.8 Å². The van der Waals surface area contributed by atoms with Gasteiger partial charge in [0.2, 0.25) is 0 Å². The van der Waals surface area contributed by atoms with Gasteiger partial charge in [-0.1, -0.05) is 18.2 Å². The summed E-state index contributed by atoms with van der Waals surface area (Å²) >= 11 is 0. The minimum absolute atomic E-state index is 0.0300. The van der Waals surface area contributed by atoms with Crippen molar-refractivity contribution in [3.05, 3.63) is 42.5 Å². The van der Waals surface area contributed by atoms with E-state index >= 15 is 0 Å². The summed E-state index contributed by atoms with van der Waals surface area (Å²) in [5.41, 5.74) is 1.25. The first-order chi connectivity index (χ1) is 13.6. The highest BCUT2D eigenvalue weighted by atomic mass is 16.5. The van der Waals surface area contributed by atoms with Gasteiger partial charge in [-0.25, -0.2) is 5.32 Å². The lowest BCUT2D eigenvalue weighted by Crippen LogP contribution is -2.24. The van der Waals surface area contributed by atoms with Crippen LogP contribution in [0.1, 0.15) is 0 Å². The molecule has 0 heterocycles. The molecule has 0 aromatic heterocycles. The van der Waals surface area contributed by atoms with Crippen LogP contribution in [-0.4, -0.2) is 52.3 Å². The number of ether oxygens (including phenoxy) is 3. The van der Waals surface area contributed by atoms with Crippen LogP contribution >= 0.6 is 0 Å². The average Bonchev–Trinajstić information content (AvgIpc) is 2.69. The number of methoxy groups -OCH3 is 2. The van der Waals surface area contributed by atoms with Crippen molar-refractivity contribution in [1.29, 1.82) is 5.26 Å². The number of nitrogens with one attached hydrogen (secondary N) is 2. The van der Waals surface area contributed by atoms with Gasteiger partial charge in [0.25, 0.3) is 0 Å². The highest BCUT2D eigenvalue weighted by Gasteiger charge is 2.13. The van der Waals surface area contributed by atoms with Crippen molar-refractivity contribution in [3.8, 4) is 23.4 Å². The second kappa shape index (κ2) is 10.6. The maximum absolute atomic E-state index is 9.01. The summed E-state index contributed by atoms with van der Waals surface area (Å²) in [4.78, 5) is 6.47.